The van der Waals surface area contributed by atoms with Gasteiger partial charge in [-0.05, 0) is 49.5 Å². The third-order valence-electron chi connectivity index (χ3n) is 5.57. The van der Waals surface area contributed by atoms with E-state index in [1.165, 1.54) is 30.4 Å². The molecule has 0 aromatic heterocycles. The molecule has 0 amide bonds. The summed E-state index contributed by atoms with van der Waals surface area (Å²) in [6, 6.07) is 6.58. The van der Waals surface area contributed by atoms with E-state index in [2.05, 4.69) is 32.0 Å². The maximum absolute atomic E-state index is 6.89. The van der Waals surface area contributed by atoms with E-state index in [9.17, 15) is 0 Å². The molecule has 1 aliphatic carbocycles. The van der Waals surface area contributed by atoms with Crippen LogP contribution in [0.4, 0.5) is 0 Å². The molecule has 3 rings (SSSR count). The number of fused-ring (bicyclic) bond motifs is 1. The first kappa shape index (κ1) is 14.9. The fraction of sp³-hybridized carbons (Fsp3) is 0.684. The molecule has 1 aromatic carbocycles. The zero-order chi connectivity index (χ0) is 14.9. The first-order valence-electron chi connectivity index (χ1n) is 8.64. The monoisotopic (exact) mass is 287 g/mol. The fourth-order valence-corrected chi connectivity index (χ4v) is 4.11. The van der Waals surface area contributed by atoms with Gasteiger partial charge in [0.15, 0.2) is 0 Å². The van der Waals surface area contributed by atoms with E-state index < -0.39 is 0 Å². The molecule has 1 aliphatic heterocycles. The molecule has 0 bridgehead atoms. The number of rotatable bonds is 2. The maximum atomic E-state index is 6.89. The van der Waals surface area contributed by atoms with Gasteiger partial charge < -0.3 is 10.5 Å². The molecule has 1 saturated carbocycles. The zero-order valence-corrected chi connectivity index (χ0v) is 13.5. The molecule has 2 aliphatic rings. The number of ether oxygens (including phenoxy) is 1. The van der Waals surface area contributed by atoms with Crippen molar-refractivity contribution in [2.45, 2.75) is 64.3 Å². The standard InChI is InChI=1S/C19H29NO/c1-14(2)15-7-4-11-19(20,12-10-15)17-9-3-6-16-8-5-13-21-18(16)17/h3,6,9,14-15H,4-5,7-8,10-13,20H2,1-2H3. The molecule has 0 spiro atoms. The van der Waals surface area contributed by atoms with Crippen LogP contribution in [0.2, 0.25) is 0 Å². The summed E-state index contributed by atoms with van der Waals surface area (Å²) in [6.45, 7) is 5.54. The highest BCUT2D eigenvalue weighted by atomic mass is 16.5. The number of aryl methyl sites for hydroxylation is 1. The van der Waals surface area contributed by atoms with Crippen molar-refractivity contribution in [3.63, 3.8) is 0 Å². The second-order valence-corrected chi connectivity index (χ2v) is 7.34. The molecule has 116 valence electrons. The van der Waals surface area contributed by atoms with Gasteiger partial charge in [-0.15, -0.1) is 0 Å². The molecule has 2 heteroatoms. The van der Waals surface area contributed by atoms with Crippen molar-refractivity contribution in [3.8, 4) is 5.75 Å². The minimum Gasteiger partial charge on any atom is -0.493 e. The topological polar surface area (TPSA) is 35.2 Å². The van der Waals surface area contributed by atoms with Gasteiger partial charge in [-0.25, -0.2) is 0 Å². The van der Waals surface area contributed by atoms with Crippen molar-refractivity contribution in [2.24, 2.45) is 17.6 Å². The summed E-state index contributed by atoms with van der Waals surface area (Å²) in [4.78, 5) is 0. The summed E-state index contributed by atoms with van der Waals surface area (Å²) in [5.74, 6) is 2.71. The van der Waals surface area contributed by atoms with Crippen LogP contribution in [0.1, 0.15) is 63.5 Å². The third kappa shape index (κ3) is 2.96. The molecule has 2 N–H and O–H groups in total. The number of hydrogen-bond donors (Lipinski definition) is 1. The highest BCUT2D eigenvalue weighted by Gasteiger charge is 2.35. The van der Waals surface area contributed by atoms with Gasteiger partial charge in [-0.2, -0.15) is 0 Å². The Morgan fingerprint density at radius 2 is 2.05 bits per heavy atom. The van der Waals surface area contributed by atoms with Gasteiger partial charge in [0.25, 0.3) is 0 Å². The number of hydrogen-bond acceptors (Lipinski definition) is 2. The Morgan fingerprint density at radius 1 is 1.19 bits per heavy atom. The minimum absolute atomic E-state index is 0.188. The second kappa shape index (κ2) is 6.00. The highest BCUT2D eigenvalue weighted by molar-refractivity contribution is 5.46. The van der Waals surface area contributed by atoms with E-state index >= 15 is 0 Å². The highest BCUT2D eigenvalue weighted by Crippen LogP contribution is 2.43. The van der Waals surface area contributed by atoms with Gasteiger partial charge in [-0.1, -0.05) is 44.9 Å². The quantitative estimate of drug-likeness (QED) is 0.818. The Balaban J connectivity index is 1.88. The molecule has 1 heterocycles. The molecule has 2 atom stereocenters. The van der Waals surface area contributed by atoms with E-state index in [0.29, 0.717) is 0 Å². The molecule has 21 heavy (non-hydrogen) atoms. The van der Waals surface area contributed by atoms with Gasteiger partial charge in [0, 0.05) is 11.1 Å². The Labute approximate surface area is 129 Å². The van der Waals surface area contributed by atoms with E-state index in [1.54, 1.807) is 0 Å². The average molecular weight is 287 g/mol. The molecule has 1 fully saturated rings. The number of benzene rings is 1. The van der Waals surface area contributed by atoms with Crippen LogP contribution in [-0.2, 0) is 12.0 Å². The Kier molecular flexibility index (Phi) is 4.26. The largest absolute Gasteiger partial charge is 0.493 e. The summed E-state index contributed by atoms with van der Waals surface area (Å²) in [6.07, 6.45) is 8.26. The van der Waals surface area contributed by atoms with Crippen molar-refractivity contribution in [1.82, 2.24) is 0 Å². The molecule has 2 nitrogen and oxygen atoms in total. The lowest BCUT2D eigenvalue weighted by molar-refractivity contribution is 0.268. The van der Waals surface area contributed by atoms with E-state index in [-0.39, 0.29) is 5.54 Å². The lowest BCUT2D eigenvalue weighted by atomic mass is 9.81. The van der Waals surface area contributed by atoms with E-state index in [0.717, 1.165) is 49.9 Å². The summed E-state index contributed by atoms with van der Waals surface area (Å²) in [5, 5.41) is 0. The molecule has 0 saturated heterocycles. The van der Waals surface area contributed by atoms with Gasteiger partial charge in [0.1, 0.15) is 5.75 Å². The maximum Gasteiger partial charge on any atom is 0.127 e. The number of para-hydroxylation sites is 1. The van der Waals surface area contributed by atoms with Crippen LogP contribution in [0.3, 0.4) is 0 Å². The van der Waals surface area contributed by atoms with Crippen molar-refractivity contribution >= 4 is 0 Å². The second-order valence-electron chi connectivity index (χ2n) is 7.34. The Hall–Kier alpha value is -1.02. The normalized spacial score (nSPS) is 29.6. The van der Waals surface area contributed by atoms with Crippen LogP contribution in [0.15, 0.2) is 18.2 Å². The van der Waals surface area contributed by atoms with Crippen LogP contribution in [0.25, 0.3) is 0 Å². The van der Waals surface area contributed by atoms with Crippen molar-refractivity contribution < 1.29 is 4.74 Å². The Bertz CT molecular complexity index is 496. The van der Waals surface area contributed by atoms with Crippen molar-refractivity contribution in [3.05, 3.63) is 29.3 Å². The average Bonchev–Trinajstić information content (AvgIpc) is 2.69. The van der Waals surface area contributed by atoms with Gasteiger partial charge in [0.2, 0.25) is 0 Å². The molecule has 0 radical (unpaired) electrons. The summed E-state index contributed by atoms with van der Waals surface area (Å²) < 4.78 is 6.01. The molecule has 2 unspecified atom stereocenters. The smallest absolute Gasteiger partial charge is 0.127 e. The summed E-state index contributed by atoms with van der Waals surface area (Å²) in [5.41, 5.74) is 9.32. The Morgan fingerprint density at radius 3 is 2.86 bits per heavy atom. The first-order chi connectivity index (χ1) is 10.1. The van der Waals surface area contributed by atoms with Crippen molar-refractivity contribution in [1.29, 1.82) is 0 Å². The van der Waals surface area contributed by atoms with Crippen LogP contribution in [-0.4, -0.2) is 6.61 Å². The van der Waals surface area contributed by atoms with Crippen LogP contribution in [0, 0.1) is 11.8 Å². The zero-order valence-electron chi connectivity index (χ0n) is 13.5. The van der Waals surface area contributed by atoms with E-state index in [1.807, 2.05) is 0 Å². The predicted octanol–water partition coefficient (Wildman–Crippen LogP) is 4.40. The fourth-order valence-electron chi connectivity index (χ4n) is 4.11. The van der Waals surface area contributed by atoms with Gasteiger partial charge >= 0.3 is 0 Å². The molecular formula is C19H29NO. The first-order valence-corrected chi connectivity index (χ1v) is 8.64. The van der Waals surface area contributed by atoms with Gasteiger partial charge in [-0.3, -0.25) is 0 Å². The van der Waals surface area contributed by atoms with Crippen LogP contribution < -0.4 is 10.5 Å². The predicted molar refractivity (Wildman–Crippen MR) is 87.5 cm³/mol. The summed E-state index contributed by atoms with van der Waals surface area (Å²) >= 11 is 0. The lowest BCUT2D eigenvalue weighted by Gasteiger charge is -2.33. The van der Waals surface area contributed by atoms with Gasteiger partial charge in [0.05, 0.1) is 6.61 Å². The minimum atomic E-state index is -0.188. The third-order valence-corrected chi connectivity index (χ3v) is 5.57. The van der Waals surface area contributed by atoms with Crippen LogP contribution in [0.5, 0.6) is 5.75 Å². The SMILES string of the molecule is CC(C)C1CCCC(N)(c2cccc3c2OCCC3)CC1. The molecular weight excluding hydrogens is 258 g/mol. The van der Waals surface area contributed by atoms with Crippen LogP contribution >= 0.6 is 0 Å². The van der Waals surface area contributed by atoms with Crippen molar-refractivity contribution in [2.75, 3.05) is 6.61 Å². The summed E-state index contributed by atoms with van der Waals surface area (Å²) in [7, 11) is 0. The van der Waals surface area contributed by atoms with E-state index in [4.69, 9.17) is 10.5 Å². The lowest BCUT2D eigenvalue weighted by Crippen LogP contribution is -2.37. The number of nitrogens with two attached hydrogens (primary N) is 1. The molecule has 1 aromatic rings.